The Bertz CT molecular complexity index is 526. The molecule has 0 saturated carbocycles. The number of nitrogens with zero attached hydrogens (tertiary/aromatic N) is 2. The molecule has 2 nitrogen and oxygen atoms in total. The van der Waals surface area contributed by atoms with Gasteiger partial charge in [0.05, 0.1) is 5.52 Å². The van der Waals surface area contributed by atoms with E-state index in [1.807, 2.05) is 12.3 Å². The van der Waals surface area contributed by atoms with E-state index in [1.54, 1.807) is 0 Å². The van der Waals surface area contributed by atoms with Gasteiger partial charge in [0.15, 0.2) is 0 Å². The Balaban J connectivity index is 1.81. The van der Waals surface area contributed by atoms with Gasteiger partial charge in [-0.2, -0.15) is 0 Å². The number of pyridine rings is 1. The largest absolute Gasteiger partial charge is 0.298 e. The maximum absolute atomic E-state index is 4.35. The van der Waals surface area contributed by atoms with Crippen LogP contribution in [-0.2, 0) is 6.54 Å². The average molecular weight is 291 g/mol. The fourth-order valence-electron chi connectivity index (χ4n) is 2.41. The van der Waals surface area contributed by atoms with E-state index in [9.17, 15) is 0 Å². The topological polar surface area (TPSA) is 16.1 Å². The van der Waals surface area contributed by atoms with Crippen molar-refractivity contribution in [3.63, 3.8) is 0 Å². The number of benzene rings is 1. The molecule has 0 amide bonds. The van der Waals surface area contributed by atoms with Gasteiger partial charge in [-0.15, -0.1) is 0 Å². The van der Waals surface area contributed by atoms with Crippen molar-refractivity contribution >= 4 is 26.8 Å². The van der Waals surface area contributed by atoms with Crippen LogP contribution in [-0.4, -0.2) is 27.8 Å². The molecule has 17 heavy (non-hydrogen) atoms. The molecule has 1 unspecified atom stereocenters. The van der Waals surface area contributed by atoms with Gasteiger partial charge in [-0.3, -0.25) is 9.88 Å². The molecule has 0 N–H and O–H groups in total. The number of hydrogen-bond acceptors (Lipinski definition) is 2. The molecule has 1 aromatic heterocycles. The number of likely N-dealkylation sites (tertiary alicyclic amines) is 1. The van der Waals surface area contributed by atoms with Crippen molar-refractivity contribution in [1.82, 2.24) is 9.88 Å². The van der Waals surface area contributed by atoms with E-state index in [0.717, 1.165) is 18.6 Å². The summed E-state index contributed by atoms with van der Waals surface area (Å²) in [4.78, 5) is 7.51. The van der Waals surface area contributed by atoms with Crippen LogP contribution in [0.25, 0.3) is 10.9 Å². The van der Waals surface area contributed by atoms with Gasteiger partial charge in [0.2, 0.25) is 0 Å². The van der Waals surface area contributed by atoms with Crippen LogP contribution >= 0.6 is 15.9 Å². The monoisotopic (exact) mass is 290 g/mol. The molecular formula is C14H15BrN2. The average Bonchev–Trinajstić information content (AvgIpc) is 2.75. The van der Waals surface area contributed by atoms with Gasteiger partial charge in [0, 0.05) is 29.5 Å². The quantitative estimate of drug-likeness (QED) is 0.790. The first-order chi connectivity index (χ1) is 8.31. The number of alkyl halides is 1. The highest BCUT2D eigenvalue weighted by Gasteiger charge is 2.19. The Morgan fingerprint density at radius 3 is 3.12 bits per heavy atom. The molecule has 88 valence electrons. The molecule has 3 rings (SSSR count). The second-order valence-corrected chi connectivity index (χ2v) is 5.95. The summed E-state index contributed by atoms with van der Waals surface area (Å²) in [5, 5.41) is 1.24. The van der Waals surface area contributed by atoms with Gasteiger partial charge in [-0.1, -0.05) is 28.1 Å². The Morgan fingerprint density at radius 1 is 1.35 bits per heavy atom. The molecule has 2 aromatic rings. The lowest BCUT2D eigenvalue weighted by molar-refractivity contribution is 0.333. The van der Waals surface area contributed by atoms with E-state index in [4.69, 9.17) is 0 Å². The summed E-state index contributed by atoms with van der Waals surface area (Å²) in [6.45, 7) is 3.40. The molecule has 0 bridgehead atoms. The van der Waals surface area contributed by atoms with Gasteiger partial charge in [-0.05, 0) is 36.7 Å². The summed E-state index contributed by atoms with van der Waals surface area (Å²) >= 11 is 3.68. The molecule has 0 aliphatic carbocycles. The van der Waals surface area contributed by atoms with E-state index < -0.39 is 0 Å². The van der Waals surface area contributed by atoms with Crippen molar-refractivity contribution in [1.29, 1.82) is 0 Å². The number of rotatable bonds is 2. The van der Waals surface area contributed by atoms with E-state index in [0.29, 0.717) is 4.83 Å². The van der Waals surface area contributed by atoms with E-state index in [1.165, 1.54) is 23.9 Å². The Labute approximate surface area is 110 Å². The maximum atomic E-state index is 4.35. The highest BCUT2D eigenvalue weighted by atomic mass is 79.9. The van der Waals surface area contributed by atoms with E-state index in [-0.39, 0.29) is 0 Å². The first kappa shape index (κ1) is 11.2. The van der Waals surface area contributed by atoms with Gasteiger partial charge in [0.1, 0.15) is 0 Å². The van der Waals surface area contributed by atoms with Crippen molar-refractivity contribution in [3.05, 3.63) is 42.1 Å². The summed E-state index contributed by atoms with van der Waals surface area (Å²) in [7, 11) is 0. The Hall–Kier alpha value is -0.930. The van der Waals surface area contributed by atoms with E-state index in [2.05, 4.69) is 50.1 Å². The van der Waals surface area contributed by atoms with Crippen LogP contribution in [0.1, 0.15) is 12.0 Å². The molecular weight excluding hydrogens is 276 g/mol. The standard InChI is InChI=1S/C14H15BrN2/c15-13-5-7-17(10-13)9-11-3-4-14-12(8-11)2-1-6-16-14/h1-4,6,8,13H,5,7,9-10H2. The molecule has 1 aromatic carbocycles. The lowest BCUT2D eigenvalue weighted by atomic mass is 10.1. The highest BCUT2D eigenvalue weighted by molar-refractivity contribution is 9.09. The van der Waals surface area contributed by atoms with Gasteiger partial charge < -0.3 is 0 Å². The summed E-state index contributed by atoms with van der Waals surface area (Å²) in [6, 6.07) is 10.7. The second kappa shape index (κ2) is 4.75. The number of aromatic nitrogens is 1. The molecule has 1 saturated heterocycles. The third kappa shape index (κ3) is 2.50. The lowest BCUT2D eigenvalue weighted by Crippen LogP contribution is -2.19. The smallest absolute Gasteiger partial charge is 0.0702 e. The fraction of sp³-hybridized carbons (Fsp3) is 0.357. The first-order valence-electron chi connectivity index (χ1n) is 6.01. The summed E-state index contributed by atoms with van der Waals surface area (Å²) in [6.07, 6.45) is 3.10. The van der Waals surface area contributed by atoms with Crippen LogP contribution in [0.15, 0.2) is 36.5 Å². The van der Waals surface area contributed by atoms with Crippen molar-refractivity contribution in [2.75, 3.05) is 13.1 Å². The molecule has 1 fully saturated rings. The minimum Gasteiger partial charge on any atom is -0.298 e. The van der Waals surface area contributed by atoms with Crippen LogP contribution in [0.3, 0.4) is 0 Å². The zero-order valence-corrected chi connectivity index (χ0v) is 11.2. The molecule has 0 spiro atoms. The predicted molar refractivity (Wildman–Crippen MR) is 74.4 cm³/mol. The van der Waals surface area contributed by atoms with Crippen LogP contribution in [0.2, 0.25) is 0 Å². The maximum Gasteiger partial charge on any atom is 0.0702 e. The zero-order valence-electron chi connectivity index (χ0n) is 9.64. The zero-order chi connectivity index (χ0) is 11.7. The summed E-state index contributed by atoms with van der Waals surface area (Å²) in [5.41, 5.74) is 2.46. The fourth-order valence-corrected chi connectivity index (χ4v) is 3.02. The number of halogens is 1. The molecule has 1 aliphatic rings. The summed E-state index contributed by atoms with van der Waals surface area (Å²) < 4.78 is 0. The minimum absolute atomic E-state index is 0.671. The lowest BCUT2D eigenvalue weighted by Gasteiger charge is -2.15. The van der Waals surface area contributed by atoms with Gasteiger partial charge in [0.25, 0.3) is 0 Å². The SMILES string of the molecule is BrC1CCN(Cc2ccc3ncccc3c2)C1. The predicted octanol–water partition coefficient (Wildman–Crippen LogP) is 3.20. The summed E-state index contributed by atoms with van der Waals surface area (Å²) in [5.74, 6) is 0. The molecule has 0 radical (unpaired) electrons. The molecule has 3 heteroatoms. The van der Waals surface area contributed by atoms with Crippen LogP contribution < -0.4 is 0 Å². The van der Waals surface area contributed by atoms with Gasteiger partial charge in [-0.25, -0.2) is 0 Å². The Kier molecular flexibility index (Phi) is 3.12. The second-order valence-electron chi connectivity index (χ2n) is 4.65. The number of hydrogen-bond donors (Lipinski definition) is 0. The van der Waals surface area contributed by atoms with Crippen LogP contribution in [0.5, 0.6) is 0 Å². The first-order valence-corrected chi connectivity index (χ1v) is 6.93. The minimum atomic E-state index is 0.671. The molecule has 1 atom stereocenters. The third-order valence-corrected chi connectivity index (χ3v) is 4.04. The molecule has 2 heterocycles. The number of fused-ring (bicyclic) bond motifs is 1. The third-order valence-electron chi connectivity index (χ3n) is 3.29. The normalized spacial score (nSPS) is 21.1. The van der Waals surface area contributed by atoms with Crippen LogP contribution in [0, 0.1) is 0 Å². The van der Waals surface area contributed by atoms with Crippen molar-refractivity contribution < 1.29 is 0 Å². The van der Waals surface area contributed by atoms with Crippen molar-refractivity contribution in [3.8, 4) is 0 Å². The Morgan fingerprint density at radius 2 is 2.29 bits per heavy atom. The molecule has 1 aliphatic heterocycles. The van der Waals surface area contributed by atoms with Crippen molar-refractivity contribution in [2.24, 2.45) is 0 Å². The highest BCUT2D eigenvalue weighted by Crippen LogP contribution is 2.20. The van der Waals surface area contributed by atoms with Crippen molar-refractivity contribution in [2.45, 2.75) is 17.8 Å². The van der Waals surface area contributed by atoms with Gasteiger partial charge >= 0.3 is 0 Å². The van der Waals surface area contributed by atoms with E-state index >= 15 is 0 Å². The van der Waals surface area contributed by atoms with Crippen LogP contribution in [0.4, 0.5) is 0 Å².